The van der Waals surface area contributed by atoms with Gasteiger partial charge in [0.05, 0.1) is 16.2 Å². The van der Waals surface area contributed by atoms with E-state index in [0.29, 0.717) is 17.8 Å². The molecule has 4 heterocycles. The SMILES string of the molecule is Nc1nc(C2CN3CCN2CC3)nc(C2CCCC2)c1Br. The van der Waals surface area contributed by atoms with Crippen molar-refractivity contribution >= 4 is 21.7 Å². The van der Waals surface area contributed by atoms with Crippen molar-refractivity contribution in [2.75, 3.05) is 38.5 Å². The van der Waals surface area contributed by atoms with Gasteiger partial charge >= 0.3 is 0 Å². The highest BCUT2D eigenvalue weighted by Crippen LogP contribution is 2.39. The van der Waals surface area contributed by atoms with Gasteiger partial charge in [-0.15, -0.1) is 0 Å². The molecule has 1 unspecified atom stereocenters. The van der Waals surface area contributed by atoms with Gasteiger partial charge in [0, 0.05) is 38.6 Å². The highest BCUT2D eigenvalue weighted by molar-refractivity contribution is 9.10. The third-order valence-corrected chi connectivity index (χ3v) is 6.05. The minimum Gasteiger partial charge on any atom is -0.383 e. The molecule has 5 nitrogen and oxygen atoms in total. The van der Waals surface area contributed by atoms with Gasteiger partial charge in [0.15, 0.2) is 0 Å². The average molecular weight is 352 g/mol. The fraction of sp³-hybridized carbons (Fsp3) is 0.733. The molecule has 3 aliphatic heterocycles. The second kappa shape index (κ2) is 5.48. The number of hydrogen-bond donors (Lipinski definition) is 1. The molecule has 6 heteroatoms. The maximum absolute atomic E-state index is 6.16. The van der Waals surface area contributed by atoms with E-state index in [1.165, 1.54) is 38.8 Å². The Bertz CT molecular complexity index is 535. The predicted octanol–water partition coefficient (Wildman–Crippen LogP) is 2.15. The fourth-order valence-corrected chi connectivity index (χ4v) is 4.48. The lowest BCUT2D eigenvalue weighted by Gasteiger charge is -2.46. The van der Waals surface area contributed by atoms with E-state index in [2.05, 4.69) is 30.7 Å². The van der Waals surface area contributed by atoms with Crippen molar-refractivity contribution in [2.24, 2.45) is 0 Å². The summed E-state index contributed by atoms with van der Waals surface area (Å²) >= 11 is 3.62. The topological polar surface area (TPSA) is 58.3 Å². The Hall–Kier alpha value is -0.720. The number of nitrogens with two attached hydrogens (primary N) is 1. The largest absolute Gasteiger partial charge is 0.383 e. The number of nitrogens with zero attached hydrogens (tertiary/aromatic N) is 4. The van der Waals surface area contributed by atoms with Gasteiger partial charge in [-0.05, 0) is 28.8 Å². The monoisotopic (exact) mass is 351 g/mol. The number of halogens is 1. The molecule has 1 aromatic rings. The summed E-state index contributed by atoms with van der Waals surface area (Å²) < 4.78 is 0.925. The summed E-state index contributed by atoms with van der Waals surface area (Å²) in [5.74, 6) is 2.10. The molecule has 1 atom stereocenters. The second-order valence-electron chi connectivity index (χ2n) is 6.50. The van der Waals surface area contributed by atoms with Crippen molar-refractivity contribution in [3.63, 3.8) is 0 Å². The first kappa shape index (κ1) is 13.9. The van der Waals surface area contributed by atoms with Crippen LogP contribution in [0.1, 0.15) is 49.2 Å². The molecular formula is C15H22BrN5. The predicted molar refractivity (Wildman–Crippen MR) is 86.1 cm³/mol. The second-order valence-corrected chi connectivity index (χ2v) is 7.29. The van der Waals surface area contributed by atoms with E-state index in [-0.39, 0.29) is 0 Å². The van der Waals surface area contributed by atoms with Crippen LogP contribution in [0.15, 0.2) is 4.47 Å². The van der Waals surface area contributed by atoms with E-state index < -0.39 is 0 Å². The van der Waals surface area contributed by atoms with Gasteiger partial charge < -0.3 is 5.73 Å². The number of nitrogen functional groups attached to an aromatic ring is 1. The zero-order chi connectivity index (χ0) is 14.4. The fourth-order valence-electron chi connectivity index (χ4n) is 3.98. The molecule has 5 rings (SSSR count). The Kier molecular flexibility index (Phi) is 3.63. The molecule has 1 aliphatic carbocycles. The van der Waals surface area contributed by atoms with Gasteiger partial charge in [-0.25, -0.2) is 9.97 Å². The molecule has 4 fully saturated rings. The summed E-state index contributed by atoms with van der Waals surface area (Å²) in [6.07, 6.45) is 5.07. The standard InChI is InChI=1S/C15H22BrN5/c16-12-13(10-3-1-2-4-10)18-15(19-14(12)17)11-9-20-5-7-21(11)8-6-20/h10-11H,1-9H2,(H2,17,18,19). The van der Waals surface area contributed by atoms with E-state index in [0.717, 1.165) is 35.6 Å². The van der Waals surface area contributed by atoms with Crippen molar-refractivity contribution in [2.45, 2.75) is 37.6 Å². The van der Waals surface area contributed by atoms with Crippen LogP contribution in [-0.4, -0.2) is 52.5 Å². The highest BCUT2D eigenvalue weighted by Gasteiger charge is 2.35. The molecule has 1 aromatic heterocycles. The molecule has 0 radical (unpaired) electrons. The van der Waals surface area contributed by atoms with Gasteiger partial charge in [0.25, 0.3) is 0 Å². The first-order chi connectivity index (χ1) is 10.2. The molecule has 0 aromatic carbocycles. The van der Waals surface area contributed by atoms with E-state index in [1.807, 2.05) is 0 Å². The van der Waals surface area contributed by atoms with Crippen molar-refractivity contribution in [3.8, 4) is 0 Å². The lowest BCUT2D eigenvalue weighted by atomic mass is 10.0. The molecule has 2 bridgehead atoms. The van der Waals surface area contributed by atoms with Gasteiger partial charge in [-0.2, -0.15) is 0 Å². The van der Waals surface area contributed by atoms with Crippen LogP contribution in [0.4, 0.5) is 5.82 Å². The Labute approximate surface area is 134 Å². The van der Waals surface area contributed by atoms with E-state index in [4.69, 9.17) is 10.7 Å². The van der Waals surface area contributed by atoms with Crippen molar-refractivity contribution < 1.29 is 0 Å². The number of fused-ring (bicyclic) bond motifs is 3. The summed E-state index contributed by atoms with van der Waals surface area (Å²) in [6.45, 7) is 5.66. The van der Waals surface area contributed by atoms with Gasteiger partial charge in [0.1, 0.15) is 11.6 Å². The van der Waals surface area contributed by atoms with Crippen LogP contribution in [0.3, 0.4) is 0 Å². The van der Waals surface area contributed by atoms with Crippen LogP contribution in [0.2, 0.25) is 0 Å². The van der Waals surface area contributed by atoms with E-state index in [9.17, 15) is 0 Å². The Morgan fingerprint density at radius 2 is 1.76 bits per heavy atom. The van der Waals surface area contributed by atoms with E-state index in [1.54, 1.807) is 0 Å². The van der Waals surface area contributed by atoms with Gasteiger partial charge in [-0.3, -0.25) is 9.80 Å². The number of anilines is 1. The van der Waals surface area contributed by atoms with Crippen molar-refractivity contribution in [1.29, 1.82) is 0 Å². The van der Waals surface area contributed by atoms with Crippen LogP contribution in [0.25, 0.3) is 0 Å². The van der Waals surface area contributed by atoms with Crippen LogP contribution in [0.5, 0.6) is 0 Å². The molecule has 0 amide bonds. The third kappa shape index (κ3) is 2.47. The van der Waals surface area contributed by atoms with E-state index >= 15 is 0 Å². The number of piperazine rings is 3. The summed E-state index contributed by atoms with van der Waals surface area (Å²) in [7, 11) is 0. The zero-order valence-electron chi connectivity index (χ0n) is 12.3. The number of hydrogen-bond acceptors (Lipinski definition) is 5. The maximum Gasteiger partial charge on any atom is 0.149 e. The summed E-state index contributed by atoms with van der Waals surface area (Å²) in [5.41, 5.74) is 7.31. The minimum absolute atomic E-state index is 0.322. The highest BCUT2D eigenvalue weighted by atomic mass is 79.9. The first-order valence-corrected chi connectivity index (χ1v) is 8.81. The maximum atomic E-state index is 6.16. The molecule has 4 aliphatic rings. The molecule has 1 saturated carbocycles. The lowest BCUT2D eigenvalue weighted by molar-refractivity contribution is 0.00858. The van der Waals surface area contributed by atoms with Crippen LogP contribution >= 0.6 is 15.9 Å². The van der Waals surface area contributed by atoms with Gasteiger partial charge in [0.2, 0.25) is 0 Å². The Morgan fingerprint density at radius 3 is 2.38 bits per heavy atom. The molecule has 21 heavy (non-hydrogen) atoms. The zero-order valence-corrected chi connectivity index (χ0v) is 13.8. The lowest BCUT2D eigenvalue weighted by Crippen LogP contribution is -2.57. The smallest absolute Gasteiger partial charge is 0.149 e. The summed E-state index contributed by atoms with van der Waals surface area (Å²) in [6, 6.07) is 0.322. The number of aromatic nitrogens is 2. The first-order valence-electron chi connectivity index (χ1n) is 8.01. The molecule has 114 valence electrons. The quantitative estimate of drug-likeness (QED) is 0.884. The third-order valence-electron chi connectivity index (χ3n) is 5.24. The minimum atomic E-state index is 0.322. The molecule has 3 saturated heterocycles. The molecule has 0 spiro atoms. The number of rotatable bonds is 2. The van der Waals surface area contributed by atoms with Crippen LogP contribution in [-0.2, 0) is 0 Å². The normalized spacial score (nSPS) is 32.7. The van der Waals surface area contributed by atoms with Crippen molar-refractivity contribution in [1.82, 2.24) is 19.8 Å². The average Bonchev–Trinajstić information content (AvgIpc) is 3.05. The Balaban J connectivity index is 1.69. The van der Waals surface area contributed by atoms with Crippen LogP contribution in [0, 0.1) is 0 Å². The summed E-state index contributed by atoms with van der Waals surface area (Å²) in [5, 5.41) is 0. The van der Waals surface area contributed by atoms with Crippen molar-refractivity contribution in [3.05, 3.63) is 16.0 Å². The Morgan fingerprint density at radius 1 is 1.05 bits per heavy atom. The van der Waals surface area contributed by atoms with Crippen LogP contribution < -0.4 is 5.73 Å². The summed E-state index contributed by atoms with van der Waals surface area (Å²) in [4.78, 5) is 14.6. The molecular weight excluding hydrogens is 330 g/mol. The molecule has 2 N–H and O–H groups in total. The van der Waals surface area contributed by atoms with Gasteiger partial charge in [-0.1, -0.05) is 12.8 Å².